The van der Waals surface area contributed by atoms with Crippen LogP contribution in [0.2, 0.25) is 0 Å². The van der Waals surface area contributed by atoms with Crippen molar-refractivity contribution >= 4 is 28.4 Å². The number of hydrogen-bond donors (Lipinski definition) is 3. The zero-order chi connectivity index (χ0) is 21.8. The summed E-state index contributed by atoms with van der Waals surface area (Å²) in [6.45, 7) is 4.39. The van der Waals surface area contributed by atoms with Gasteiger partial charge >= 0.3 is 0 Å². The minimum atomic E-state index is 0.157. The van der Waals surface area contributed by atoms with Gasteiger partial charge in [0.05, 0.1) is 24.4 Å². The maximum Gasteiger partial charge on any atom is 0.224 e. The van der Waals surface area contributed by atoms with E-state index in [-0.39, 0.29) is 12.1 Å². The molecule has 1 saturated carbocycles. The highest BCUT2D eigenvalue weighted by molar-refractivity contribution is 5.83. The van der Waals surface area contributed by atoms with Gasteiger partial charge in [-0.05, 0) is 43.2 Å². The lowest BCUT2D eigenvalue weighted by Crippen LogP contribution is -2.42. The summed E-state index contributed by atoms with van der Waals surface area (Å²) < 4.78 is 5.43. The Morgan fingerprint density at radius 3 is 2.78 bits per heavy atom. The third-order valence-electron chi connectivity index (χ3n) is 6.30. The summed E-state index contributed by atoms with van der Waals surface area (Å²) in [4.78, 5) is 16.2. The molecule has 8 heteroatoms. The molecule has 168 valence electrons. The lowest BCUT2D eigenvalue weighted by Gasteiger charge is -2.29. The van der Waals surface area contributed by atoms with Crippen molar-refractivity contribution in [3.8, 4) is 0 Å². The first-order valence-electron chi connectivity index (χ1n) is 11.5. The molecule has 2 aliphatic rings. The summed E-state index contributed by atoms with van der Waals surface area (Å²) in [5, 5.41) is 7.91. The van der Waals surface area contributed by atoms with Gasteiger partial charge in [0.25, 0.3) is 0 Å². The van der Waals surface area contributed by atoms with Crippen molar-refractivity contribution in [3.63, 3.8) is 0 Å². The number of pyridine rings is 1. The van der Waals surface area contributed by atoms with E-state index in [2.05, 4.69) is 49.8 Å². The highest BCUT2D eigenvalue weighted by atomic mass is 16.5. The van der Waals surface area contributed by atoms with Crippen LogP contribution in [0.15, 0.2) is 42.6 Å². The molecule has 0 radical (unpaired) electrons. The van der Waals surface area contributed by atoms with Crippen LogP contribution in [0.3, 0.4) is 0 Å². The van der Waals surface area contributed by atoms with Crippen LogP contribution in [-0.4, -0.2) is 58.2 Å². The van der Waals surface area contributed by atoms with Gasteiger partial charge in [0.15, 0.2) is 0 Å². The molecule has 1 aromatic carbocycles. The van der Waals surface area contributed by atoms with Crippen LogP contribution >= 0.6 is 0 Å². The van der Waals surface area contributed by atoms with E-state index in [4.69, 9.17) is 15.5 Å². The van der Waals surface area contributed by atoms with Gasteiger partial charge in [0.2, 0.25) is 5.95 Å². The molecule has 8 nitrogen and oxygen atoms in total. The molecule has 1 aliphatic carbocycles. The zero-order valence-electron chi connectivity index (χ0n) is 18.3. The van der Waals surface area contributed by atoms with Gasteiger partial charge in [-0.15, -0.1) is 0 Å². The Hall–Kier alpha value is -2.81. The Bertz CT molecular complexity index is 1050. The van der Waals surface area contributed by atoms with Crippen LogP contribution in [0.5, 0.6) is 0 Å². The van der Waals surface area contributed by atoms with E-state index in [1.807, 2.05) is 12.1 Å². The van der Waals surface area contributed by atoms with Crippen molar-refractivity contribution in [2.24, 2.45) is 5.73 Å². The summed E-state index contributed by atoms with van der Waals surface area (Å²) in [6, 6.07) is 12.7. The fourth-order valence-electron chi connectivity index (χ4n) is 4.47. The maximum atomic E-state index is 6.26. The third-order valence-corrected chi connectivity index (χ3v) is 6.30. The van der Waals surface area contributed by atoms with E-state index in [0.29, 0.717) is 5.95 Å². The SMILES string of the molecule is N[C@H]1CCCC[C@H]1Nc1nccc(Nc2ccc3nc(CN4CCOCC4)ccc3c2)n1. The molecule has 3 aromatic rings. The average Bonchev–Trinajstić information content (AvgIpc) is 2.82. The Morgan fingerprint density at radius 2 is 1.91 bits per heavy atom. The predicted molar refractivity (Wildman–Crippen MR) is 127 cm³/mol. The largest absolute Gasteiger partial charge is 0.379 e. The fourth-order valence-corrected chi connectivity index (χ4v) is 4.47. The number of morpholine rings is 1. The van der Waals surface area contributed by atoms with Crippen LogP contribution in [0.1, 0.15) is 31.4 Å². The minimum absolute atomic E-state index is 0.157. The minimum Gasteiger partial charge on any atom is -0.379 e. The van der Waals surface area contributed by atoms with E-state index >= 15 is 0 Å². The molecular formula is C24H31N7O. The molecule has 2 fully saturated rings. The number of rotatable bonds is 6. The second-order valence-corrected chi connectivity index (χ2v) is 8.69. The third kappa shape index (κ3) is 5.15. The Labute approximate surface area is 188 Å². The molecule has 0 bridgehead atoms. The normalized spacial score (nSPS) is 22.0. The quantitative estimate of drug-likeness (QED) is 0.544. The van der Waals surface area contributed by atoms with Crippen LogP contribution in [0.25, 0.3) is 10.9 Å². The standard InChI is InChI=1S/C24H31N7O/c25-20-3-1-2-4-22(20)29-24-26-10-9-23(30-24)28-18-7-8-21-17(15-18)5-6-19(27-21)16-31-11-13-32-14-12-31/h5-10,15,20,22H,1-4,11-14,16,25H2,(H2,26,28,29,30)/t20-,22+/m0/s1. The molecule has 2 atom stereocenters. The summed E-state index contributed by atoms with van der Waals surface area (Å²) in [7, 11) is 0. The summed E-state index contributed by atoms with van der Waals surface area (Å²) >= 11 is 0. The summed E-state index contributed by atoms with van der Waals surface area (Å²) in [6.07, 6.45) is 6.28. The first kappa shape index (κ1) is 21.1. The van der Waals surface area contributed by atoms with Crippen LogP contribution in [-0.2, 0) is 11.3 Å². The van der Waals surface area contributed by atoms with Crippen molar-refractivity contribution in [3.05, 3.63) is 48.3 Å². The Morgan fingerprint density at radius 1 is 1.03 bits per heavy atom. The summed E-state index contributed by atoms with van der Waals surface area (Å²) in [5.74, 6) is 1.37. The number of nitrogens with two attached hydrogens (primary N) is 1. The molecule has 32 heavy (non-hydrogen) atoms. The van der Waals surface area contributed by atoms with Crippen LogP contribution < -0.4 is 16.4 Å². The smallest absolute Gasteiger partial charge is 0.224 e. The first-order valence-corrected chi connectivity index (χ1v) is 11.5. The lowest BCUT2D eigenvalue weighted by molar-refractivity contribution is 0.0337. The van der Waals surface area contributed by atoms with Gasteiger partial charge in [0, 0.05) is 49.0 Å². The number of benzene rings is 1. The molecular weight excluding hydrogens is 402 g/mol. The van der Waals surface area contributed by atoms with Gasteiger partial charge in [-0.2, -0.15) is 4.98 Å². The lowest BCUT2D eigenvalue weighted by atomic mass is 9.91. The molecule has 0 amide bonds. The Kier molecular flexibility index (Phi) is 6.43. The average molecular weight is 434 g/mol. The van der Waals surface area contributed by atoms with Crippen LogP contribution in [0, 0.1) is 0 Å². The van der Waals surface area contributed by atoms with Crippen molar-refractivity contribution in [2.45, 2.75) is 44.3 Å². The molecule has 0 unspecified atom stereocenters. The second kappa shape index (κ2) is 9.77. The van der Waals surface area contributed by atoms with Gasteiger partial charge < -0.3 is 21.1 Å². The van der Waals surface area contributed by atoms with Crippen LogP contribution in [0.4, 0.5) is 17.5 Å². The second-order valence-electron chi connectivity index (χ2n) is 8.69. The topological polar surface area (TPSA) is 101 Å². The molecule has 3 heterocycles. The highest BCUT2D eigenvalue weighted by Crippen LogP contribution is 2.23. The van der Waals surface area contributed by atoms with Crippen molar-refractivity contribution in [1.29, 1.82) is 0 Å². The molecule has 5 rings (SSSR count). The monoisotopic (exact) mass is 433 g/mol. The van der Waals surface area contributed by atoms with Crippen molar-refractivity contribution in [1.82, 2.24) is 19.9 Å². The molecule has 2 aromatic heterocycles. The van der Waals surface area contributed by atoms with Crippen molar-refractivity contribution in [2.75, 3.05) is 36.9 Å². The van der Waals surface area contributed by atoms with Gasteiger partial charge in [-0.1, -0.05) is 18.9 Å². The van der Waals surface area contributed by atoms with Gasteiger partial charge in [-0.25, -0.2) is 4.98 Å². The van der Waals surface area contributed by atoms with E-state index in [1.165, 1.54) is 12.8 Å². The summed E-state index contributed by atoms with van der Waals surface area (Å²) in [5.41, 5.74) is 9.32. The van der Waals surface area contributed by atoms with Gasteiger partial charge in [-0.3, -0.25) is 9.88 Å². The number of anilines is 3. The van der Waals surface area contributed by atoms with E-state index in [1.54, 1.807) is 6.20 Å². The predicted octanol–water partition coefficient (Wildman–Crippen LogP) is 3.28. The van der Waals surface area contributed by atoms with Gasteiger partial charge in [0.1, 0.15) is 5.82 Å². The number of fused-ring (bicyclic) bond motifs is 1. The number of ether oxygens (including phenoxy) is 1. The Balaban J connectivity index is 1.26. The number of aromatic nitrogens is 3. The molecule has 1 aliphatic heterocycles. The van der Waals surface area contributed by atoms with Crippen molar-refractivity contribution < 1.29 is 4.74 Å². The van der Waals surface area contributed by atoms with E-state index in [9.17, 15) is 0 Å². The molecule has 4 N–H and O–H groups in total. The zero-order valence-corrected chi connectivity index (χ0v) is 18.3. The van der Waals surface area contributed by atoms with E-state index < -0.39 is 0 Å². The van der Waals surface area contributed by atoms with E-state index in [0.717, 1.165) is 73.8 Å². The molecule has 0 spiro atoms. The fraction of sp³-hybridized carbons (Fsp3) is 0.458. The first-order chi connectivity index (χ1) is 15.7. The maximum absolute atomic E-state index is 6.26. The number of nitrogens with one attached hydrogen (secondary N) is 2. The number of hydrogen-bond acceptors (Lipinski definition) is 8. The molecule has 1 saturated heterocycles. The number of nitrogens with zero attached hydrogens (tertiary/aromatic N) is 4. The highest BCUT2D eigenvalue weighted by Gasteiger charge is 2.22.